The number of amides is 1. The molecule has 0 bridgehead atoms. The molecule has 1 amide bonds. The van der Waals surface area contributed by atoms with Crippen molar-refractivity contribution in [1.29, 1.82) is 0 Å². The third-order valence-electron chi connectivity index (χ3n) is 4.34. The highest BCUT2D eigenvalue weighted by molar-refractivity contribution is 6.05. The van der Waals surface area contributed by atoms with Crippen molar-refractivity contribution in [2.45, 2.75) is 26.7 Å². The molecular weight excluding hydrogens is 416 g/mol. The van der Waals surface area contributed by atoms with Crippen LogP contribution < -0.4 is 14.8 Å². The van der Waals surface area contributed by atoms with Gasteiger partial charge in [-0.25, -0.2) is 4.79 Å². The Hall–Kier alpha value is -3.88. The lowest BCUT2D eigenvalue weighted by Gasteiger charge is -2.13. The lowest BCUT2D eigenvalue weighted by atomic mass is 10.1. The van der Waals surface area contributed by atoms with E-state index in [4.69, 9.17) is 14.2 Å². The largest absolute Gasteiger partial charge is 0.491 e. The first-order valence-electron chi connectivity index (χ1n) is 10.1. The maximum atomic E-state index is 12.7. The quantitative estimate of drug-likeness (QED) is 0.180. The van der Waals surface area contributed by atoms with E-state index in [1.165, 1.54) is 31.4 Å². The van der Waals surface area contributed by atoms with Gasteiger partial charge in [-0.05, 0) is 50.5 Å². The number of esters is 1. The number of hydrogen-bond acceptors (Lipinski definition) is 7. The first-order valence-corrected chi connectivity index (χ1v) is 10.1. The van der Waals surface area contributed by atoms with Gasteiger partial charge in [0.1, 0.15) is 5.75 Å². The van der Waals surface area contributed by atoms with Crippen molar-refractivity contribution in [3.63, 3.8) is 0 Å². The summed E-state index contributed by atoms with van der Waals surface area (Å²) in [5.74, 6) is -0.329. The van der Waals surface area contributed by atoms with Crippen LogP contribution in [-0.2, 0) is 9.53 Å². The lowest BCUT2D eigenvalue weighted by molar-refractivity contribution is -0.385. The summed E-state index contributed by atoms with van der Waals surface area (Å²) in [7, 11) is 1.30. The van der Waals surface area contributed by atoms with Gasteiger partial charge >= 0.3 is 11.7 Å². The monoisotopic (exact) mass is 442 g/mol. The number of nitro groups is 1. The van der Waals surface area contributed by atoms with Crippen LogP contribution in [-0.4, -0.2) is 37.1 Å². The molecule has 0 aliphatic rings. The van der Waals surface area contributed by atoms with Crippen molar-refractivity contribution in [3.05, 3.63) is 69.8 Å². The molecule has 2 aromatic carbocycles. The molecule has 0 aliphatic carbocycles. The number of nitrogens with one attached hydrogen (secondary N) is 1. The number of nitrogens with zero attached hydrogens (tertiary/aromatic N) is 1. The Morgan fingerprint density at radius 1 is 1.16 bits per heavy atom. The number of methoxy groups -OCH3 is 1. The summed E-state index contributed by atoms with van der Waals surface area (Å²) < 4.78 is 15.7. The second kappa shape index (κ2) is 12.1. The van der Waals surface area contributed by atoms with Gasteiger partial charge in [0, 0.05) is 23.8 Å². The van der Waals surface area contributed by atoms with Crippen molar-refractivity contribution in [2.75, 3.05) is 25.6 Å². The molecular formula is C23H26N2O7. The molecule has 2 rings (SSSR count). The summed E-state index contributed by atoms with van der Waals surface area (Å²) in [6, 6.07) is 9.27. The number of carbonyl (C=O) groups is 2. The van der Waals surface area contributed by atoms with E-state index < -0.39 is 10.8 Å². The third kappa shape index (κ3) is 7.12. The van der Waals surface area contributed by atoms with E-state index in [1.54, 1.807) is 25.1 Å². The number of nitro benzene ring substituents is 1. The second-order valence-corrected chi connectivity index (χ2v) is 6.74. The van der Waals surface area contributed by atoms with Gasteiger partial charge in [0.25, 0.3) is 5.91 Å². The summed E-state index contributed by atoms with van der Waals surface area (Å²) in [5.41, 5.74) is 1.42. The summed E-state index contributed by atoms with van der Waals surface area (Å²) in [4.78, 5) is 34.4. The number of anilines is 1. The Balaban J connectivity index is 2.03. The van der Waals surface area contributed by atoms with Gasteiger partial charge in [0.15, 0.2) is 5.75 Å². The summed E-state index contributed by atoms with van der Waals surface area (Å²) in [5, 5.41) is 13.8. The number of hydrogen-bond donors (Lipinski definition) is 1. The van der Waals surface area contributed by atoms with Crippen molar-refractivity contribution in [1.82, 2.24) is 0 Å². The van der Waals surface area contributed by atoms with Gasteiger partial charge in [0.05, 0.1) is 30.9 Å². The average molecular weight is 442 g/mol. The predicted octanol–water partition coefficient (Wildman–Crippen LogP) is 4.44. The number of carbonyl (C=O) groups excluding carboxylic acids is 2. The molecule has 0 aromatic heterocycles. The van der Waals surface area contributed by atoms with E-state index in [0.717, 1.165) is 5.56 Å². The number of allylic oxidation sites excluding steroid dienone is 1. The number of rotatable bonds is 11. The van der Waals surface area contributed by atoms with Crippen molar-refractivity contribution < 1.29 is 28.7 Å². The van der Waals surface area contributed by atoms with Crippen LogP contribution in [0.3, 0.4) is 0 Å². The van der Waals surface area contributed by atoms with Crippen LogP contribution in [0.15, 0.2) is 48.6 Å². The Bertz CT molecular complexity index is 1000. The van der Waals surface area contributed by atoms with E-state index in [-0.39, 0.29) is 23.0 Å². The van der Waals surface area contributed by atoms with Crippen LogP contribution in [0.25, 0.3) is 0 Å². The highest BCUT2D eigenvalue weighted by Gasteiger charge is 2.18. The molecule has 32 heavy (non-hydrogen) atoms. The SMILES string of the molecule is CCOC(=O)/C=C/CCCOc1cc(C)ccc1NC(=O)c1ccc([N+](=O)[O-])c(OC)c1. The normalized spacial score (nSPS) is 10.6. The van der Waals surface area contributed by atoms with Crippen LogP contribution in [0.4, 0.5) is 11.4 Å². The Morgan fingerprint density at radius 2 is 1.94 bits per heavy atom. The number of unbranched alkanes of at least 4 members (excludes halogenated alkanes) is 1. The van der Waals surface area contributed by atoms with E-state index in [9.17, 15) is 19.7 Å². The summed E-state index contributed by atoms with van der Waals surface area (Å²) in [6.07, 6.45) is 4.41. The molecule has 0 saturated carbocycles. The topological polar surface area (TPSA) is 117 Å². The lowest BCUT2D eigenvalue weighted by Crippen LogP contribution is -2.13. The molecule has 0 fully saturated rings. The molecule has 9 nitrogen and oxygen atoms in total. The minimum atomic E-state index is -0.575. The Kier molecular flexibility index (Phi) is 9.22. The number of aryl methyl sites for hydroxylation is 1. The number of ether oxygens (including phenoxy) is 3. The fraction of sp³-hybridized carbons (Fsp3) is 0.304. The first kappa shape index (κ1) is 24.4. The van der Waals surface area contributed by atoms with Crippen LogP contribution in [0.5, 0.6) is 11.5 Å². The zero-order valence-corrected chi connectivity index (χ0v) is 18.3. The van der Waals surface area contributed by atoms with Crippen LogP contribution in [0.1, 0.15) is 35.7 Å². The Morgan fingerprint density at radius 3 is 2.62 bits per heavy atom. The molecule has 0 saturated heterocycles. The molecule has 170 valence electrons. The fourth-order valence-electron chi connectivity index (χ4n) is 2.77. The summed E-state index contributed by atoms with van der Waals surface area (Å²) >= 11 is 0. The zero-order chi connectivity index (χ0) is 23.5. The van der Waals surface area contributed by atoms with Gasteiger partial charge in [-0.15, -0.1) is 0 Å². The molecule has 2 aromatic rings. The number of benzene rings is 2. The first-order chi connectivity index (χ1) is 15.3. The minimum absolute atomic E-state index is 0.00102. The third-order valence-corrected chi connectivity index (χ3v) is 4.34. The molecule has 9 heteroatoms. The molecule has 1 N–H and O–H groups in total. The highest BCUT2D eigenvalue weighted by atomic mass is 16.6. The van der Waals surface area contributed by atoms with Gasteiger partial charge in [-0.3, -0.25) is 14.9 Å². The average Bonchev–Trinajstić information content (AvgIpc) is 2.77. The zero-order valence-electron chi connectivity index (χ0n) is 18.3. The van der Waals surface area contributed by atoms with Crippen molar-refractivity contribution in [2.24, 2.45) is 0 Å². The molecule has 0 spiro atoms. The Labute approximate surface area is 186 Å². The molecule has 0 unspecified atom stereocenters. The van der Waals surface area contributed by atoms with Crippen molar-refractivity contribution in [3.8, 4) is 11.5 Å². The van der Waals surface area contributed by atoms with E-state index in [2.05, 4.69) is 5.32 Å². The van der Waals surface area contributed by atoms with E-state index in [0.29, 0.717) is 37.5 Å². The predicted molar refractivity (Wildman–Crippen MR) is 119 cm³/mol. The second-order valence-electron chi connectivity index (χ2n) is 6.74. The smallest absolute Gasteiger partial charge is 0.330 e. The van der Waals surface area contributed by atoms with E-state index >= 15 is 0 Å². The van der Waals surface area contributed by atoms with Gasteiger partial charge in [-0.2, -0.15) is 0 Å². The maximum absolute atomic E-state index is 12.7. The maximum Gasteiger partial charge on any atom is 0.330 e. The highest BCUT2D eigenvalue weighted by Crippen LogP contribution is 2.30. The van der Waals surface area contributed by atoms with Crippen LogP contribution in [0, 0.1) is 17.0 Å². The standard InChI is InChI=1S/C23H26N2O7/c1-4-31-22(26)8-6-5-7-13-32-20-14-16(2)9-11-18(20)24-23(27)17-10-12-19(25(28)29)21(15-17)30-3/h6,8-12,14-15H,4-5,7,13H2,1-3H3,(H,24,27)/b8-6+. The van der Waals surface area contributed by atoms with Crippen LogP contribution >= 0.6 is 0 Å². The van der Waals surface area contributed by atoms with E-state index in [1.807, 2.05) is 13.0 Å². The fourth-order valence-corrected chi connectivity index (χ4v) is 2.77. The van der Waals surface area contributed by atoms with Crippen LogP contribution in [0.2, 0.25) is 0 Å². The molecule has 0 radical (unpaired) electrons. The molecule has 0 heterocycles. The minimum Gasteiger partial charge on any atom is -0.491 e. The summed E-state index contributed by atoms with van der Waals surface area (Å²) in [6.45, 7) is 4.36. The molecule has 0 atom stereocenters. The van der Waals surface area contributed by atoms with Gasteiger partial charge in [0.2, 0.25) is 0 Å². The van der Waals surface area contributed by atoms with Crippen molar-refractivity contribution >= 4 is 23.3 Å². The molecule has 0 aliphatic heterocycles. The van der Waals surface area contributed by atoms with Gasteiger partial charge < -0.3 is 19.5 Å². The van der Waals surface area contributed by atoms with Gasteiger partial charge in [-0.1, -0.05) is 12.1 Å².